The first-order valence-electron chi connectivity index (χ1n) is 6.20. The van der Waals surface area contributed by atoms with Crippen LogP contribution in [-0.4, -0.2) is 0 Å². The van der Waals surface area contributed by atoms with Crippen LogP contribution >= 0.6 is 15.9 Å². The number of halogens is 2. The zero-order valence-corrected chi connectivity index (χ0v) is 12.9. The molecule has 0 aliphatic heterocycles. The summed E-state index contributed by atoms with van der Waals surface area (Å²) >= 11 is 3.52. The minimum Gasteiger partial charge on any atom is -0.381 e. The highest BCUT2D eigenvalue weighted by Crippen LogP contribution is 2.25. The number of nitrogens with one attached hydrogen (secondary N) is 1. The molecule has 0 spiro atoms. The number of aryl methyl sites for hydroxylation is 2. The van der Waals surface area contributed by atoms with Gasteiger partial charge in [0.05, 0.1) is 11.6 Å². The molecule has 0 aliphatic carbocycles. The Hall–Kier alpha value is -1.86. The Kier molecular flexibility index (Phi) is 4.41. The molecule has 0 radical (unpaired) electrons. The van der Waals surface area contributed by atoms with Crippen LogP contribution in [-0.2, 0) is 6.54 Å². The smallest absolute Gasteiger partial charge is 0.129 e. The fourth-order valence-corrected chi connectivity index (χ4v) is 2.23. The first kappa shape index (κ1) is 14.5. The summed E-state index contributed by atoms with van der Waals surface area (Å²) in [5, 5.41) is 11.9. The van der Waals surface area contributed by atoms with Gasteiger partial charge in [0, 0.05) is 22.3 Å². The van der Waals surface area contributed by atoms with Gasteiger partial charge in [-0.05, 0) is 49.2 Å². The van der Waals surface area contributed by atoms with Crippen LogP contribution in [0.15, 0.2) is 34.8 Å². The third-order valence-electron chi connectivity index (χ3n) is 3.10. The summed E-state index contributed by atoms with van der Waals surface area (Å²) in [7, 11) is 0. The molecule has 0 saturated carbocycles. The summed E-state index contributed by atoms with van der Waals surface area (Å²) in [6, 6.07) is 10.5. The van der Waals surface area contributed by atoms with E-state index in [4.69, 9.17) is 5.26 Å². The van der Waals surface area contributed by atoms with Gasteiger partial charge in [-0.15, -0.1) is 0 Å². The average Bonchev–Trinajstić information content (AvgIpc) is 2.43. The Morgan fingerprint density at radius 2 is 1.85 bits per heavy atom. The van der Waals surface area contributed by atoms with Crippen molar-refractivity contribution in [2.24, 2.45) is 0 Å². The van der Waals surface area contributed by atoms with E-state index in [1.165, 1.54) is 6.07 Å². The van der Waals surface area contributed by atoms with E-state index >= 15 is 0 Å². The summed E-state index contributed by atoms with van der Waals surface area (Å²) in [5.74, 6) is -0.359. The van der Waals surface area contributed by atoms with E-state index in [-0.39, 0.29) is 5.82 Å². The Balaban J connectivity index is 2.15. The summed E-state index contributed by atoms with van der Waals surface area (Å²) < 4.78 is 14.9. The second-order valence-electron chi connectivity index (χ2n) is 4.70. The summed E-state index contributed by atoms with van der Waals surface area (Å²) in [5.41, 5.74) is 4.09. The van der Waals surface area contributed by atoms with Crippen molar-refractivity contribution in [3.8, 4) is 6.07 Å². The van der Waals surface area contributed by atoms with E-state index < -0.39 is 0 Å². The Morgan fingerprint density at radius 3 is 2.40 bits per heavy atom. The lowest BCUT2D eigenvalue weighted by molar-refractivity contribution is 0.612. The first-order valence-corrected chi connectivity index (χ1v) is 6.99. The lowest BCUT2D eigenvalue weighted by atomic mass is 10.1. The molecular formula is C16H14BrFN2. The molecule has 0 heterocycles. The highest BCUT2D eigenvalue weighted by molar-refractivity contribution is 9.10. The average molecular weight is 333 g/mol. The molecule has 0 atom stereocenters. The van der Waals surface area contributed by atoms with E-state index in [0.717, 1.165) is 21.3 Å². The van der Waals surface area contributed by atoms with Gasteiger partial charge in [0.15, 0.2) is 0 Å². The van der Waals surface area contributed by atoms with Gasteiger partial charge in [-0.1, -0.05) is 22.0 Å². The zero-order chi connectivity index (χ0) is 14.7. The predicted octanol–water partition coefficient (Wildman–Crippen LogP) is 4.69. The quantitative estimate of drug-likeness (QED) is 0.885. The lowest BCUT2D eigenvalue weighted by Gasteiger charge is -2.11. The maximum Gasteiger partial charge on any atom is 0.129 e. The van der Waals surface area contributed by atoms with Crippen LogP contribution in [0.3, 0.4) is 0 Å². The van der Waals surface area contributed by atoms with Gasteiger partial charge in [0.2, 0.25) is 0 Å². The van der Waals surface area contributed by atoms with Gasteiger partial charge < -0.3 is 5.32 Å². The molecule has 1 N–H and O–H groups in total. The van der Waals surface area contributed by atoms with Crippen molar-refractivity contribution in [1.82, 2.24) is 0 Å². The second kappa shape index (κ2) is 6.06. The van der Waals surface area contributed by atoms with E-state index in [1.807, 2.05) is 32.0 Å². The lowest BCUT2D eigenvalue weighted by Crippen LogP contribution is -2.03. The fraction of sp³-hybridized carbons (Fsp3) is 0.188. The molecule has 2 aromatic carbocycles. The highest BCUT2D eigenvalue weighted by atomic mass is 79.9. The molecule has 0 saturated heterocycles. The molecule has 0 amide bonds. The molecule has 20 heavy (non-hydrogen) atoms. The first-order chi connectivity index (χ1) is 9.51. The molecule has 0 fully saturated rings. The molecule has 102 valence electrons. The van der Waals surface area contributed by atoms with E-state index in [9.17, 15) is 4.39 Å². The molecule has 0 aliphatic rings. The van der Waals surface area contributed by atoms with E-state index in [0.29, 0.717) is 17.7 Å². The maximum atomic E-state index is 13.8. The predicted molar refractivity (Wildman–Crippen MR) is 82.1 cm³/mol. The summed E-state index contributed by atoms with van der Waals surface area (Å²) in [6.45, 7) is 4.42. The minimum atomic E-state index is -0.359. The van der Waals surface area contributed by atoms with Crippen molar-refractivity contribution in [3.63, 3.8) is 0 Å². The SMILES string of the molecule is Cc1cc(NCc2ccc(C#N)cc2F)cc(C)c1Br. The second-order valence-corrected chi connectivity index (χ2v) is 5.49. The number of benzene rings is 2. The number of nitrogens with zero attached hydrogens (tertiary/aromatic N) is 1. The van der Waals surface area contributed by atoms with Crippen LogP contribution in [0.1, 0.15) is 22.3 Å². The van der Waals surface area contributed by atoms with Crippen LogP contribution in [0.5, 0.6) is 0 Å². The number of rotatable bonds is 3. The topological polar surface area (TPSA) is 35.8 Å². The van der Waals surface area contributed by atoms with Gasteiger partial charge in [-0.3, -0.25) is 0 Å². The molecule has 4 heteroatoms. The molecule has 2 nitrogen and oxygen atoms in total. The van der Waals surface area contributed by atoms with E-state index in [2.05, 4.69) is 21.2 Å². The van der Waals surface area contributed by atoms with Gasteiger partial charge in [0.1, 0.15) is 5.82 Å². The molecular weight excluding hydrogens is 319 g/mol. The number of hydrogen-bond donors (Lipinski definition) is 1. The van der Waals surface area contributed by atoms with Crippen LogP contribution in [0, 0.1) is 31.0 Å². The molecule has 0 unspecified atom stereocenters. The molecule has 0 aromatic heterocycles. The van der Waals surface area contributed by atoms with Crippen LogP contribution in [0.4, 0.5) is 10.1 Å². The molecule has 2 rings (SSSR count). The third kappa shape index (κ3) is 3.17. The van der Waals surface area contributed by atoms with Gasteiger partial charge in [-0.2, -0.15) is 5.26 Å². The maximum absolute atomic E-state index is 13.8. The van der Waals surface area contributed by atoms with Crippen LogP contribution < -0.4 is 5.32 Å². The molecule has 0 bridgehead atoms. The van der Waals surface area contributed by atoms with Crippen molar-refractivity contribution in [1.29, 1.82) is 5.26 Å². The standard InChI is InChI=1S/C16H14BrFN2/c1-10-5-14(6-11(2)16(10)17)20-9-13-4-3-12(8-19)7-15(13)18/h3-7,20H,9H2,1-2H3. The van der Waals surface area contributed by atoms with Crippen LogP contribution in [0.2, 0.25) is 0 Å². The number of hydrogen-bond acceptors (Lipinski definition) is 2. The van der Waals surface area contributed by atoms with E-state index in [1.54, 1.807) is 12.1 Å². The fourth-order valence-electron chi connectivity index (χ4n) is 2.01. The van der Waals surface area contributed by atoms with Crippen molar-refractivity contribution < 1.29 is 4.39 Å². The van der Waals surface area contributed by atoms with Crippen molar-refractivity contribution in [2.45, 2.75) is 20.4 Å². The largest absolute Gasteiger partial charge is 0.381 e. The zero-order valence-electron chi connectivity index (χ0n) is 11.3. The molecule has 2 aromatic rings. The third-order valence-corrected chi connectivity index (χ3v) is 4.35. The van der Waals surface area contributed by atoms with Crippen molar-refractivity contribution >= 4 is 21.6 Å². The highest BCUT2D eigenvalue weighted by Gasteiger charge is 2.05. The van der Waals surface area contributed by atoms with Crippen molar-refractivity contribution in [2.75, 3.05) is 5.32 Å². The normalized spacial score (nSPS) is 10.2. The summed E-state index contributed by atoms with van der Waals surface area (Å²) in [6.07, 6.45) is 0. The Labute approximate surface area is 126 Å². The van der Waals surface area contributed by atoms with Crippen LogP contribution in [0.25, 0.3) is 0 Å². The number of anilines is 1. The van der Waals surface area contributed by atoms with Crippen molar-refractivity contribution in [3.05, 3.63) is 62.9 Å². The number of nitriles is 1. The minimum absolute atomic E-state index is 0.335. The summed E-state index contributed by atoms with van der Waals surface area (Å²) in [4.78, 5) is 0. The van der Waals surface area contributed by atoms with Gasteiger partial charge in [-0.25, -0.2) is 4.39 Å². The van der Waals surface area contributed by atoms with Gasteiger partial charge >= 0.3 is 0 Å². The monoisotopic (exact) mass is 332 g/mol. The Morgan fingerprint density at radius 1 is 1.20 bits per heavy atom. The van der Waals surface area contributed by atoms with Gasteiger partial charge in [0.25, 0.3) is 0 Å². The Bertz CT molecular complexity index is 666.